The number of amides is 4. The van der Waals surface area contributed by atoms with Crippen LogP contribution in [0.5, 0.6) is 0 Å². The third-order valence-electron chi connectivity index (χ3n) is 2.57. The normalized spacial score (nSPS) is 19.9. The first-order chi connectivity index (χ1) is 10.2. The van der Waals surface area contributed by atoms with Crippen molar-refractivity contribution in [3.8, 4) is 0 Å². The number of allylic oxidation sites excluding steroid dienone is 2. The van der Waals surface area contributed by atoms with E-state index in [4.69, 9.17) is 11.5 Å². The van der Waals surface area contributed by atoms with Gasteiger partial charge in [0.2, 0.25) is 11.8 Å². The topological polar surface area (TPSA) is 144 Å². The molecule has 2 aliphatic heterocycles. The third kappa shape index (κ3) is 5.08. The lowest BCUT2D eigenvalue weighted by atomic mass is 10.3. The van der Waals surface area contributed by atoms with Gasteiger partial charge in [-0.2, -0.15) is 0 Å². The molecule has 6 N–H and O–H groups in total. The van der Waals surface area contributed by atoms with Crippen molar-refractivity contribution in [3.05, 3.63) is 46.8 Å². The number of carbonyl (C=O) groups excluding carboxylic acids is 4. The van der Waals surface area contributed by atoms with E-state index in [2.05, 4.69) is 10.6 Å². The van der Waals surface area contributed by atoms with Gasteiger partial charge in [0.15, 0.2) is 0 Å². The summed E-state index contributed by atoms with van der Waals surface area (Å²) < 4.78 is 0. The maximum absolute atomic E-state index is 10.8. The molecule has 2 rings (SSSR count). The minimum atomic E-state index is -0.564. The van der Waals surface area contributed by atoms with E-state index in [0.717, 1.165) is 0 Å². The van der Waals surface area contributed by atoms with Crippen LogP contribution in [0.15, 0.2) is 46.8 Å². The Labute approximate surface area is 126 Å². The summed E-state index contributed by atoms with van der Waals surface area (Å²) in [7, 11) is 0. The van der Waals surface area contributed by atoms with Crippen LogP contribution in [0.1, 0.15) is 13.8 Å². The summed E-state index contributed by atoms with van der Waals surface area (Å²) in [6.07, 6.45) is 5.50. The first-order valence-electron chi connectivity index (χ1n) is 6.20. The standard InChI is InChI=1S/2C7H8N2O2/c2*1-4-2-5(3-6(8)10)9-7(4)11/h2*2-3H,1H3,(H2,8,10)(H,9,11)/b2*5-3-. The van der Waals surface area contributed by atoms with Crippen molar-refractivity contribution >= 4 is 23.6 Å². The van der Waals surface area contributed by atoms with Gasteiger partial charge < -0.3 is 22.1 Å². The fourth-order valence-corrected chi connectivity index (χ4v) is 1.59. The third-order valence-corrected chi connectivity index (χ3v) is 2.57. The van der Waals surface area contributed by atoms with Gasteiger partial charge in [0, 0.05) is 34.7 Å². The van der Waals surface area contributed by atoms with Crippen molar-refractivity contribution < 1.29 is 19.2 Å². The zero-order chi connectivity index (χ0) is 16.9. The number of primary amides is 2. The van der Waals surface area contributed by atoms with Gasteiger partial charge in [-0.25, -0.2) is 0 Å². The average molecular weight is 304 g/mol. The van der Waals surface area contributed by atoms with Crippen molar-refractivity contribution in [2.75, 3.05) is 0 Å². The number of carbonyl (C=O) groups is 4. The second kappa shape index (κ2) is 7.02. The number of rotatable bonds is 2. The first kappa shape index (κ1) is 16.9. The van der Waals surface area contributed by atoms with Gasteiger partial charge in [0.1, 0.15) is 0 Å². The van der Waals surface area contributed by atoms with Crippen LogP contribution in [0.3, 0.4) is 0 Å². The number of hydrogen-bond acceptors (Lipinski definition) is 4. The van der Waals surface area contributed by atoms with Crippen molar-refractivity contribution in [3.63, 3.8) is 0 Å². The molecule has 8 nitrogen and oxygen atoms in total. The zero-order valence-corrected chi connectivity index (χ0v) is 12.1. The van der Waals surface area contributed by atoms with Crippen molar-refractivity contribution in [2.45, 2.75) is 13.8 Å². The molecule has 0 atom stereocenters. The monoisotopic (exact) mass is 304 g/mol. The Morgan fingerprint density at radius 1 is 0.864 bits per heavy atom. The Morgan fingerprint density at radius 3 is 1.36 bits per heavy atom. The van der Waals surface area contributed by atoms with E-state index < -0.39 is 11.8 Å². The smallest absolute Gasteiger partial charge is 0.251 e. The summed E-state index contributed by atoms with van der Waals surface area (Å²) in [5.41, 5.74) is 11.8. The second-order valence-corrected chi connectivity index (χ2v) is 4.57. The minimum Gasteiger partial charge on any atom is -0.366 e. The highest BCUT2D eigenvalue weighted by Crippen LogP contribution is 2.08. The van der Waals surface area contributed by atoms with E-state index in [1.165, 1.54) is 12.2 Å². The lowest BCUT2D eigenvalue weighted by Crippen LogP contribution is -2.17. The van der Waals surface area contributed by atoms with Crippen molar-refractivity contribution in [2.24, 2.45) is 11.5 Å². The van der Waals surface area contributed by atoms with Crippen LogP contribution in [0.25, 0.3) is 0 Å². The molecule has 8 heteroatoms. The van der Waals surface area contributed by atoms with Gasteiger partial charge in [0.25, 0.3) is 11.8 Å². The molecule has 116 valence electrons. The van der Waals surface area contributed by atoms with E-state index in [1.54, 1.807) is 26.0 Å². The Balaban J connectivity index is 0.000000220. The maximum atomic E-state index is 10.8. The summed E-state index contributed by atoms with van der Waals surface area (Å²) in [6.45, 7) is 3.33. The lowest BCUT2D eigenvalue weighted by Gasteiger charge is -1.92. The molecule has 2 aliphatic rings. The van der Waals surface area contributed by atoms with E-state index in [1.807, 2.05) is 0 Å². The highest BCUT2D eigenvalue weighted by Gasteiger charge is 2.14. The first-order valence-corrected chi connectivity index (χ1v) is 6.20. The van der Waals surface area contributed by atoms with Gasteiger partial charge in [-0.15, -0.1) is 0 Å². The molecule has 0 aromatic carbocycles. The Hall–Kier alpha value is -3.16. The molecule has 0 radical (unpaired) electrons. The van der Waals surface area contributed by atoms with Crippen LogP contribution in [-0.4, -0.2) is 23.6 Å². The molecule has 0 aromatic heterocycles. The highest BCUT2D eigenvalue weighted by atomic mass is 16.2. The minimum absolute atomic E-state index is 0.183. The Morgan fingerprint density at radius 2 is 1.18 bits per heavy atom. The lowest BCUT2D eigenvalue weighted by molar-refractivity contribution is -0.117. The molecule has 0 unspecified atom stereocenters. The fourth-order valence-electron chi connectivity index (χ4n) is 1.59. The average Bonchev–Trinajstić information content (AvgIpc) is 2.82. The zero-order valence-electron chi connectivity index (χ0n) is 12.1. The van der Waals surface area contributed by atoms with Crippen LogP contribution in [-0.2, 0) is 19.2 Å². The summed E-state index contributed by atoms with van der Waals surface area (Å²) in [4.78, 5) is 42.3. The summed E-state index contributed by atoms with van der Waals surface area (Å²) in [5.74, 6) is -1.49. The van der Waals surface area contributed by atoms with Crippen LogP contribution < -0.4 is 22.1 Å². The van der Waals surface area contributed by atoms with E-state index in [0.29, 0.717) is 22.5 Å². The summed E-state index contributed by atoms with van der Waals surface area (Å²) in [6, 6.07) is 0. The van der Waals surface area contributed by atoms with Crippen LogP contribution in [0.4, 0.5) is 0 Å². The fraction of sp³-hybridized carbons (Fsp3) is 0.143. The summed E-state index contributed by atoms with van der Waals surface area (Å²) in [5, 5.41) is 4.93. The molecule has 0 saturated carbocycles. The Kier molecular flexibility index (Phi) is 5.39. The van der Waals surface area contributed by atoms with E-state index in [-0.39, 0.29) is 11.8 Å². The van der Waals surface area contributed by atoms with Crippen LogP contribution in [0.2, 0.25) is 0 Å². The number of nitrogens with one attached hydrogen (secondary N) is 2. The van der Waals surface area contributed by atoms with E-state index >= 15 is 0 Å². The van der Waals surface area contributed by atoms with Gasteiger partial charge in [-0.05, 0) is 26.0 Å². The number of hydrogen-bond donors (Lipinski definition) is 4. The molecular formula is C14H16N4O4. The van der Waals surface area contributed by atoms with Crippen LogP contribution in [0, 0.1) is 0 Å². The molecular weight excluding hydrogens is 288 g/mol. The predicted molar refractivity (Wildman–Crippen MR) is 78.4 cm³/mol. The molecule has 2 heterocycles. The maximum Gasteiger partial charge on any atom is 0.251 e. The van der Waals surface area contributed by atoms with Crippen LogP contribution >= 0.6 is 0 Å². The van der Waals surface area contributed by atoms with Crippen molar-refractivity contribution in [1.29, 1.82) is 0 Å². The predicted octanol–water partition coefficient (Wildman–Crippen LogP) is -1.14. The van der Waals surface area contributed by atoms with Gasteiger partial charge in [-0.1, -0.05) is 0 Å². The van der Waals surface area contributed by atoms with Gasteiger partial charge in [-0.3, -0.25) is 19.2 Å². The molecule has 0 spiro atoms. The quantitative estimate of drug-likeness (QED) is 0.478. The molecule has 22 heavy (non-hydrogen) atoms. The molecule has 0 bridgehead atoms. The molecule has 0 fully saturated rings. The van der Waals surface area contributed by atoms with Gasteiger partial charge >= 0.3 is 0 Å². The molecule has 0 saturated heterocycles. The van der Waals surface area contributed by atoms with E-state index in [9.17, 15) is 19.2 Å². The molecule has 0 aromatic rings. The van der Waals surface area contributed by atoms with Crippen molar-refractivity contribution in [1.82, 2.24) is 10.6 Å². The SMILES string of the molecule is CC1=C/C(=C/C(N)=O)NC1=O.CC1=C/C(=C/C(N)=O)NC1=O. The van der Waals surface area contributed by atoms with Gasteiger partial charge in [0.05, 0.1) is 0 Å². The molecule has 4 amide bonds. The summed E-state index contributed by atoms with van der Waals surface area (Å²) >= 11 is 0. The highest BCUT2D eigenvalue weighted by molar-refractivity contribution is 6.00. The Bertz CT molecular complexity index is 610. The second-order valence-electron chi connectivity index (χ2n) is 4.57. The number of nitrogens with two attached hydrogens (primary N) is 2. The largest absolute Gasteiger partial charge is 0.366 e. The molecule has 0 aliphatic carbocycles.